The molecule has 2 N–H and O–H groups in total. The van der Waals surface area contributed by atoms with E-state index in [1.54, 1.807) is 24.3 Å². The van der Waals surface area contributed by atoms with Crippen LogP contribution in [0.2, 0.25) is 0 Å². The van der Waals surface area contributed by atoms with Gasteiger partial charge in [-0.05, 0) is 46.2 Å². The Kier molecular flexibility index (Phi) is 8.97. The third-order valence-corrected chi connectivity index (χ3v) is 4.04. The zero-order valence-electron chi connectivity index (χ0n) is 16.6. The normalized spacial score (nSPS) is 10.9. The van der Waals surface area contributed by atoms with Crippen LogP contribution in [0.15, 0.2) is 36.4 Å². The van der Waals surface area contributed by atoms with E-state index in [0.29, 0.717) is 23.7 Å². The van der Waals surface area contributed by atoms with Crippen LogP contribution in [0.3, 0.4) is 0 Å². The van der Waals surface area contributed by atoms with Crippen molar-refractivity contribution in [2.24, 2.45) is 0 Å². The summed E-state index contributed by atoms with van der Waals surface area (Å²) >= 11 is 0. The van der Waals surface area contributed by atoms with Crippen LogP contribution in [0.5, 0.6) is 11.5 Å². The fourth-order valence-electron chi connectivity index (χ4n) is 2.23. The molecule has 0 saturated heterocycles. The van der Waals surface area contributed by atoms with Gasteiger partial charge in [-0.1, -0.05) is 53.7 Å². The van der Waals surface area contributed by atoms with Crippen LogP contribution in [0.25, 0.3) is 0 Å². The number of phenols is 2. The second-order valence-electron chi connectivity index (χ2n) is 8.28. The number of aldehydes is 2. The van der Waals surface area contributed by atoms with Crippen LogP contribution in [-0.4, -0.2) is 22.8 Å². The van der Waals surface area contributed by atoms with Gasteiger partial charge in [0, 0.05) is 17.1 Å². The van der Waals surface area contributed by atoms with Crippen molar-refractivity contribution in [2.75, 3.05) is 0 Å². The van der Waals surface area contributed by atoms with Crippen molar-refractivity contribution in [2.45, 2.75) is 52.4 Å². The number of aromatic hydroxyl groups is 2. The maximum atomic E-state index is 10.5. The molecule has 0 unspecified atom stereocenters. The number of hydrogen-bond acceptors (Lipinski definition) is 4. The summed E-state index contributed by atoms with van der Waals surface area (Å²) < 4.78 is 0. The van der Waals surface area contributed by atoms with Crippen LogP contribution in [-0.2, 0) is 27.9 Å². The molecule has 0 fully saturated rings. The largest absolute Gasteiger partial charge is 0.507 e. The molecule has 0 saturated carbocycles. The molecule has 0 spiro atoms. The molecule has 0 aliphatic carbocycles. The topological polar surface area (TPSA) is 74.6 Å². The zero-order chi connectivity index (χ0) is 20.1. The first-order valence-electron chi connectivity index (χ1n) is 8.47. The molecular weight excluding hydrogens is 392 g/mol. The number of carbonyl (C=O) groups is 2. The van der Waals surface area contributed by atoms with E-state index in [2.05, 4.69) is 41.5 Å². The summed E-state index contributed by atoms with van der Waals surface area (Å²) in [5.74, 6) is 0.0889. The van der Waals surface area contributed by atoms with Crippen molar-refractivity contribution in [3.05, 3.63) is 58.7 Å². The van der Waals surface area contributed by atoms with Gasteiger partial charge in [0.1, 0.15) is 11.5 Å². The third kappa shape index (κ3) is 7.20. The molecule has 27 heavy (non-hydrogen) atoms. The molecule has 0 heterocycles. The first-order chi connectivity index (χ1) is 11.9. The van der Waals surface area contributed by atoms with Crippen molar-refractivity contribution in [1.29, 1.82) is 0 Å². The molecule has 2 aromatic carbocycles. The van der Waals surface area contributed by atoms with Gasteiger partial charge in [0.15, 0.2) is 12.6 Å². The maximum absolute atomic E-state index is 10.5. The quantitative estimate of drug-likeness (QED) is 0.530. The monoisotopic (exact) mass is 419 g/mol. The van der Waals surface area contributed by atoms with E-state index < -0.39 is 0 Å². The summed E-state index contributed by atoms with van der Waals surface area (Å²) in [5, 5.41) is 18.5. The zero-order valence-corrected chi connectivity index (χ0v) is 17.6. The molecule has 0 aliphatic rings. The Morgan fingerprint density at radius 3 is 1.19 bits per heavy atom. The smallest absolute Gasteiger partial charge is 0.153 e. The molecule has 0 atom stereocenters. The summed E-state index contributed by atoms with van der Waals surface area (Å²) in [7, 11) is 0. The minimum absolute atomic E-state index is 0. The van der Waals surface area contributed by atoms with Gasteiger partial charge in [-0.3, -0.25) is 9.59 Å². The minimum Gasteiger partial charge on any atom is -0.507 e. The van der Waals surface area contributed by atoms with Crippen LogP contribution in [0, 0.1) is 0 Å². The molecule has 0 aromatic heterocycles. The molecule has 0 amide bonds. The van der Waals surface area contributed by atoms with E-state index >= 15 is 0 Å². The van der Waals surface area contributed by atoms with Crippen LogP contribution in [0.1, 0.15) is 73.4 Å². The third-order valence-electron chi connectivity index (χ3n) is 4.04. The number of phenolic OH excluding ortho intramolecular Hbond substituents is 2. The number of rotatable bonds is 2. The van der Waals surface area contributed by atoms with Gasteiger partial charge in [-0.25, -0.2) is 0 Å². The molecular formula is C22H28CuO4. The summed E-state index contributed by atoms with van der Waals surface area (Å²) in [6, 6.07) is 10.2. The van der Waals surface area contributed by atoms with E-state index in [1.165, 1.54) is 0 Å². The van der Waals surface area contributed by atoms with Gasteiger partial charge < -0.3 is 10.2 Å². The molecule has 0 bridgehead atoms. The Balaban J connectivity index is 0.000000483. The SMILES string of the molecule is CC(C)(C)c1ccc(O)c(C=O)c1.CC(C)(C)c1ccc(O)c(C=O)c1.[Cu]. The van der Waals surface area contributed by atoms with E-state index in [9.17, 15) is 19.8 Å². The second-order valence-corrected chi connectivity index (χ2v) is 8.28. The van der Waals surface area contributed by atoms with Gasteiger partial charge in [0.2, 0.25) is 0 Å². The molecule has 151 valence electrons. The molecule has 2 rings (SSSR count). The Hall–Kier alpha value is -2.10. The first-order valence-corrected chi connectivity index (χ1v) is 8.47. The summed E-state index contributed by atoms with van der Waals surface area (Å²) in [6.45, 7) is 12.4. The van der Waals surface area contributed by atoms with Crippen LogP contribution < -0.4 is 0 Å². The van der Waals surface area contributed by atoms with Crippen molar-refractivity contribution >= 4 is 12.6 Å². The summed E-state index contributed by atoms with van der Waals surface area (Å²) in [6.07, 6.45) is 1.34. The van der Waals surface area contributed by atoms with Gasteiger partial charge in [-0.2, -0.15) is 0 Å². The molecule has 1 radical (unpaired) electrons. The fraction of sp³-hybridized carbons (Fsp3) is 0.364. The van der Waals surface area contributed by atoms with Crippen molar-refractivity contribution in [3.63, 3.8) is 0 Å². The van der Waals surface area contributed by atoms with Crippen molar-refractivity contribution < 1.29 is 36.9 Å². The van der Waals surface area contributed by atoms with Gasteiger partial charge in [0.25, 0.3) is 0 Å². The predicted octanol–water partition coefficient (Wildman–Crippen LogP) is 5.00. The molecule has 4 nitrogen and oxygen atoms in total. The Labute approximate surface area is 172 Å². The Bertz CT molecular complexity index is 716. The second kappa shape index (κ2) is 9.72. The van der Waals surface area contributed by atoms with E-state index in [-0.39, 0.29) is 39.4 Å². The fourth-order valence-corrected chi connectivity index (χ4v) is 2.23. The summed E-state index contributed by atoms with van der Waals surface area (Å²) in [4.78, 5) is 21.1. The molecule has 2 aromatic rings. The molecule has 0 aliphatic heterocycles. The van der Waals surface area contributed by atoms with Crippen LogP contribution in [0.4, 0.5) is 0 Å². The van der Waals surface area contributed by atoms with Crippen molar-refractivity contribution in [3.8, 4) is 11.5 Å². The number of hydrogen-bond donors (Lipinski definition) is 2. The van der Waals surface area contributed by atoms with E-state index in [0.717, 1.165) is 11.1 Å². The Morgan fingerprint density at radius 2 is 0.963 bits per heavy atom. The average Bonchev–Trinajstić information content (AvgIpc) is 2.54. The minimum atomic E-state index is 0. The van der Waals surface area contributed by atoms with Gasteiger partial charge >= 0.3 is 0 Å². The Morgan fingerprint density at radius 1 is 0.667 bits per heavy atom. The van der Waals surface area contributed by atoms with Gasteiger partial charge in [0.05, 0.1) is 11.1 Å². The van der Waals surface area contributed by atoms with Crippen LogP contribution >= 0.6 is 0 Å². The van der Waals surface area contributed by atoms with E-state index in [1.807, 2.05) is 12.1 Å². The number of benzene rings is 2. The maximum Gasteiger partial charge on any atom is 0.153 e. The van der Waals surface area contributed by atoms with Gasteiger partial charge in [-0.15, -0.1) is 0 Å². The number of carbonyl (C=O) groups excluding carboxylic acids is 2. The predicted molar refractivity (Wildman–Crippen MR) is 104 cm³/mol. The standard InChI is InChI=1S/2C11H14O2.Cu/c2*1-11(2,3)9-4-5-10(13)8(6-9)7-12;/h2*4-7,13H,1-3H3;. The summed E-state index contributed by atoms with van der Waals surface area (Å²) in [5.41, 5.74) is 2.82. The molecule has 5 heteroatoms. The van der Waals surface area contributed by atoms with Crippen molar-refractivity contribution in [1.82, 2.24) is 0 Å². The first kappa shape index (κ1) is 24.9. The average molecular weight is 420 g/mol. The van der Waals surface area contributed by atoms with E-state index in [4.69, 9.17) is 0 Å².